The Labute approximate surface area is 110 Å². The second-order valence-electron chi connectivity index (χ2n) is 4.35. The van der Waals surface area contributed by atoms with Gasteiger partial charge in [-0.3, -0.25) is 0 Å². The van der Waals surface area contributed by atoms with Crippen molar-refractivity contribution < 1.29 is 9.90 Å². The standard InChI is InChI=1S/C14H14ClNO2/c1-8(15)7-16-10(3)9(2)12-6-11(14(17)18)4-5-13(12)16/h4-6H,1,7H2,2-3H3,(H,17,18). The van der Waals surface area contributed by atoms with E-state index < -0.39 is 5.97 Å². The number of halogens is 1. The maximum Gasteiger partial charge on any atom is 0.335 e. The summed E-state index contributed by atoms with van der Waals surface area (Å²) in [5, 5.41) is 10.5. The summed E-state index contributed by atoms with van der Waals surface area (Å²) in [6, 6.07) is 5.13. The molecule has 0 saturated carbocycles. The van der Waals surface area contributed by atoms with Crippen LogP contribution in [0.15, 0.2) is 29.8 Å². The van der Waals surface area contributed by atoms with Gasteiger partial charge in [-0.25, -0.2) is 4.79 Å². The van der Waals surface area contributed by atoms with Crippen LogP contribution in [0, 0.1) is 13.8 Å². The average Bonchev–Trinajstić information content (AvgIpc) is 2.54. The van der Waals surface area contributed by atoms with E-state index in [4.69, 9.17) is 16.7 Å². The Kier molecular flexibility index (Phi) is 3.18. The van der Waals surface area contributed by atoms with Gasteiger partial charge in [0.05, 0.1) is 12.1 Å². The first kappa shape index (κ1) is 12.7. The van der Waals surface area contributed by atoms with Crippen LogP contribution in [-0.2, 0) is 6.54 Å². The van der Waals surface area contributed by atoms with Crippen molar-refractivity contribution in [3.63, 3.8) is 0 Å². The van der Waals surface area contributed by atoms with Gasteiger partial charge in [-0.2, -0.15) is 0 Å². The predicted octanol–water partition coefficient (Wildman–Crippen LogP) is 3.71. The summed E-state index contributed by atoms with van der Waals surface area (Å²) in [6.45, 7) is 8.21. The van der Waals surface area contributed by atoms with Crippen LogP contribution in [0.2, 0.25) is 0 Å². The smallest absolute Gasteiger partial charge is 0.335 e. The van der Waals surface area contributed by atoms with Gasteiger partial charge in [0.2, 0.25) is 0 Å². The molecule has 94 valence electrons. The molecule has 18 heavy (non-hydrogen) atoms. The first-order valence-corrected chi connectivity index (χ1v) is 5.95. The van der Waals surface area contributed by atoms with Crippen LogP contribution >= 0.6 is 11.6 Å². The molecule has 0 bridgehead atoms. The molecule has 2 aromatic rings. The average molecular weight is 264 g/mol. The molecule has 1 N–H and O–H groups in total. The number of rotatable bonds is 3. The minimum absolute atomic E-state index is 0.299. The number of hydrogen-bond donors (Lipinski definition) is 1. The Morgan fingerprint density at radius 2 is 2.11 bits per heavy atom. The highest BCUT2D eigenvalue weighted by atomic mass is 35.5. The highest BCUT2D eigenvalue weighted by Crippen LogP contribution is 2.27. The normalized spacial score (nSPS) is 10.8. The highest BCUT2D eigenvalue weighted by Gasteiger charge is 2.13. The molecule has 0 aliphatic rings. The molecule has 0 atom stereocenters. The lowest BCUT2D eigenvalue weighted by atomic mass is 10.1. The fourth-order valence-corrected chi connectivity index (χ4v) is 2.28. The van der Waals surface area contributed by atoms with Crippen molar-refractivity contribution >= 4 is 28.5 Å². The molecule has 0 saturated heterocycles. The van der Waals surface area contributed by atoms with Gasteiger partial charge in [-0.1, -0.05) is 18.2 Å². The van der Waals surface area contributed by atoms with E-state index in [0.717, 1.165) is 22.2 Å². The molecule has 3 nitrogen and oxygen atoms in total. The van der Waals surface area contributed by atoms with E-state index in [1.165, 1.54) is 0 Å². The number of aromatic carboxylic acids is 1. The third kappa shape index (κ3) is 2.02. The number of nitrogens with zero attached hydrogens (tertiary/aromatic N) is 1. The van der Waals surface area contributed by atoms with Crippen LogP contribution in [0.5, 0.6) is 0 Å². The summed E-state index contributed by atoms with van der Waals surface area (Å²) in [7, 11) is 0. The van der Waals surface area contributed by atoms with Gasteiger partial charge in [-0.15, -0.1) is 0 Å². The van der Waals surface area contributed by atoms with Crippen molar-refractivity contribution in [3.05, 3.63) is 46.6 Å². The SMILES string of the molecule is C=C(Cl)Cn1c(C)c(C)c2cc(C(=O)O)ccc21. The fraction of sp³-hybridized carbons (Fsp3) is 0.214. The maximum absolute atomic E-state index is 11.0. The van der Waals surface area contributed by atoms with E-state index >= 15 is 0 Å². The van der Waals surface area contributed by atoms with E-state index in [2.05, 4.69) is 6.58 Å². The van der Waals surface area contributed by atoms with E-state index in [0.29, 0.717) is 17.1 Å². The summed E-state index contributed by atoms with van der Waals surface area (Å²) in [4.78, 5) is 11.0. The molecule has 1 aromatic heterocycles. The lowest BCUT2D eigenvalue weighted by molar-refractivity contribution is 0.0697. The van der Waals surface area contributed by atoms with Crippen molar-refractivity contribution in [1.82, 2.24) is 4.57 Å². The van der Waals surface area contributed by atoms with Gasteiger partial charge in [0.15, 0.2) is 0 Å². The summed E-state index contributed by atoms with van der Waals surface area (Å²) in [5.41, 5.74) is 3.43. The van der Waals surface area contributed by atoms with E-state index in [9.17, 15) is 4.79 Å². The molecule has 0 aliphatic carbocycles. The minimum Gasteiger partial charge on any atom is -0.478 e. The molecular formula is C14H14ClNO2. The summed E-state index contributed by atoms with van der Waals surface area (Å²) in [5.74, 6) is -0.913. The zero-order chi connectivity index (χ0) is 13.4. The van der Waals surface area contributed by atoms with Gasteiger partial charge in [0, 0.05) is 21.6 Å². The van der Waals surface area contributed by atoms with Gasteiger partial charge < -0.3 is 9.67 Å². The fourth-order valence-electron chi connectivity index (χ4n) is 2.16. The maximum atomic E-state index is 11.0. The summed E-state index contributed by atoms with van der Waals surface area (Å²) in [6.07, 6.45) is 0. The molecular weight excluding hydrogens is 250 g/mol. The molecule has 0 unspecified atom stereocenters. The number of carboxylic acid groups (broad SMARTS) is 1. The number of allylic oxidation sites excluding steroid dienone is 1. The molecule has 0 amide bonds. The summed E-state index contributed by atoms with van der Waals surface area (Å²) < 4.78 is 2.05. The quantitative estimate of drug-likeness (QED) is 0.917. The second-order valence-corrected chi connectivity index (χ2v) is 4.89. The van der Waals surface area contributed by atoms with Crippen LogP contribution in [0.4, 0.5) is 0 Å². The van der Waals surface area contributed by atoms with Gasteiger partial charge in [0.25, 0.3) is 0 Å². The topological polar surface area (TPSA) is 42.2 Å². The number of benzene rings is 1. The number of hydrogen-bond acceptors (Lipinski definition) is 1. The highest BCUT2D eigenvalue weighted by molar-refractivity contribution is 6.29. The van der Waals surface area contributed by atoms with Crippen LogP contribution in [0.3, 0.4) is 0 Å². The Morgan fingerprint density at radius 3 is 2.67 bits per heavy atom. The molecule has 0 spiro atoms. The number of aryl methyl sites for hydroxylation is 1. The molecule has 1 heterocycles. The van der Waals surface area contributed by atoms with Gasteiger partial charge in [-0.05, 0) is 37.6 Å². The summed E-state index contributed by atoms with van der Waals surface area (Å²) >= 11 is 5.87. The van der Waals surface area contributed by atoms with Crippen molar-refractivity contribution in [2.75, 3.05) is 0 Å². The van der Waals surface area contributed by atoms with Gasteiger partial charge in [0.1, 0.15) is 0 Å². The Balaban J connectivity index is 2.71. The Morgan fingerprint density at radius 1 is 1.44 bits per heavy atom. The molecule has 2 rings (SSSR count). The zero-order valence-electron chi connectivity index (χ0n) is 10.3. The number of fused-ring (bicyclic) bond motifs is 1. The Hall–Kier alpha value is -1.74. The van der Waals surface area contributed by atoms with Crippen molar-refractivity contribution in [3.8, 4) is 0 Å². The monoisotopic (exact) mass is 263 g/mol. The van der Waals surface area contributed by atoms with E-state index in [1.54, 1.807) is 12.1 Å². The number of carboxylic acids is 1. The Bertz CT molecular complexity index is 655. The number of carbonyl (C=O) groups is 1. The third-order valence-corrected chi connectivity index (χ3v) is 3.34. The first-order valence-electron chi connectivity index (χ1n) is 5.58. The third-order valence-electron chi connectivity index (χ3n) is 3.22. The van der Waals surface area contributed by atoms with Crippen LogP contribution in [-0.4, -0.2) is 15.6 Å². The lowest BCUT2D eigenvalue weighted by Crippen LogP contribution is -2.00. The van der Waals surface area contributed by atoms with E-state index in [1.807, 2.05) is 24.5 Å². The molecule has 4 heteroatoms. The van der Waals surface area contributed by atoms with Crippen LogP contribution < -0.4 is 0 Å². The predicted molar refractivity (Wildman–Crippen MR) is 73.4 cm³/mol. The molecule has 0 fully saturated rings. The molecule has 0 aliphatic heterocycles. The van der Waals surface area contributed by atoms with E-state index in [-0.39, 0.29) is 0 Å². The van der Waals surface area contributed by atoms with Crippen molar-refractivity contribution in [2.45, 2.75) is 20.4 Å². The van der Waals surface area contributed by atoms with Crippen molar-refractivity contribution in [1.29, 1.82) is 0 Å². The van der Waals surface area contributed by atoms with Crippen LogP contribution in [0.25, 0.3) is 10.9 Å². The first-order chi connectivity index (χ1) is 8.41. The zero-order valence-corrected chi connectivity index (χ0v) is 11.1. The second kappa shape index (κ2) is 4.50. The molecule has 1 aromatic carbocycles. The largest absolute Gasteiger partial charge is 0.478 e. The van der Waals surface area contributed by atoms with Gasteiger partial charge >= 0.3 is 5.97 Å². The minimum atomic E-state index is -0.913. The number of aromatic nitrogens is 1. The molecule has 0 radical (unpaired) electrons. The van der Waals surface area contributed by atoms with Crippen LogP contribution in [0.1, 0.15) is 21.6 Å². The van der Waals surface area contributed by atoms with Crippen molar-refractivity contribution in [2.24, 2.45) is 0 Å². The lowest BCUT2D eigenvalue weighted by Gasteiger charge is -2.06.